The predicted octanol–water partition coefficient (Wildman–Crippen LogP) is 4.46. The van der Waals surface area contributed by atoms with Crippen LogP contribution in [0, 0.1) is 0 Å². The van der Waals surface area contributed by atoms with Crippen molar-refractivity contribution in [1.29, 1.82) is 0 Å². The Morgan fingerprint density at radius 2 is 1.88 bits per heavy atom. The number of amidine groups is 1. The molecule has 1 unspecified atom stereocenters. The summed E-state index contributed by atoms with van der Waals surface area (Å²) >= 11 is 5.91. The fraction of sp³-hybridized carbons (Fsp3) is 0.263. The van der Waals surface area contributed by atoms with Gasteiger partial charge in [-0.25, -0.2) is 0 Å². The second kappa shape index (κ2) is 7.82. The van der Waals surface area contributed by atoms with Crippen LogP contribution in [-0.4, -0.2) is 35.7 Å². The third-order valence-corrected chi connectivity index (χ3v) is 4.28. The van der Waals surface area contributed by atoms with Gasteiger partial charge >= 0.3 is 0 Å². The minimum absolute atomic E-state index is 0. The lowest BCUT2D eigenvalue weighted by atomic mass is 9.97. The fourth-order valence-corrected chi connectivity index (χ4v) is 3.01. The van der Waals surface area contributed by atoms with Gasteiger partial charge in [-0.1, -0.05) is 35.9 Å². The van der Waals surface area contributed by atoms with Crippen LogP contribution >= 0.6 is 24.0 Å². The Morgan fingerprint density at radius 3 is 2.54 bits per heavy atom. The van der Waals surface area contributed by atoms with E-state index in [9.17, 15) is 4.79 Å². The van der Waals surface area contributed by atoms with E-state index in [4.69, 9.17) is 16.6 Å². The minimum Gasteiger partial charge on any atom is -0.355 e. The number of halogens is 2. The largest absolute Gasteiger partial charge is 0.355 e. The van der Waals surface area contributed by atoms with E-state index in [2.05, 4.69) is 18.7 Å². The zero-order chi connectivity index (χ0) is 16.4. The Balaban J connectivity index is 0.00000208. The highest BCUT2D eigenvalue weighted by molar-refractivity contribution is 6.30. The van der Waals surface area contributed by atoms with Crippen LogP contribution in [0.25, 0.3) is 0 Å². The van der Waals surface area contributed by atoms with Crippen molar-refractivity contribution in [3.63, 3.8) is 0 Å². The lowest BCUT2D eigenvalue weighted by molar-refractivity contribution is 0.103. The third-order valence-electron chi connectivity index (χ3n) is 4.03. The average Bonchev–Trinajstić information content (AvgIpc) is 2.96. The number of aliphatic imine (C=N–C) groups is 1. The highest BCUT2D eigenvalue weighted by Crippen LogP contribution is 2.22. The molecule has 0 radical (unpaired) electrons. The SMILES string of the molecule is CCN1CC(C)N=C1c1ccccc1C(=O)c1ccc(Cl)cc1.Cl. The fourth-order valence-electron chi connectivity index (χ4n) is 2.89. The smallest absolute Gasteiger partial charge is 0.193 e. The first-order valence-electron chi connectivity index (χ1n) is 7.82. The Hall–Kier alpha value is -1.84. The molecule has 126 valence electrons. The molecule has 24 heavy (non-hydrogen) atoms. The maximum atomic E-state index is 12.9. The number of benzene rings is 2. The molecule has 3 rings (SSSR count). The summed E-state index contributed by atoms with van der Waals surface area (Å²) in [5.41, 5.74) is 2.22. The molecule has 5 heteroatoms. The third kappa shape index (κ3) is 3.63. The van der Waals surface area contributed by atoms with E-state index < -0.39 is 0 Å². The standard InChI is InChI=1S/C19H19ClN2O.ClH/c1-3-22-12-13(2)21-19(22)17-7-5-4-6-16(17)18(23)14-8-10-15(20)11-9-14;/h4-11,13H,3,12H2,1-2H3;1H. The second-order valence-corrected chi connectivity index (χ2v) is 6.16. The van der Waals surface area contributed by atoms with Crippen molar-refractivity contribution in [1.82, 2.24) is 4.90 Å². The first-order valence-corrected chi connectivity index (χ1v) is 8.20. The molecule has 3 nitrogen and oxygen atoms in total. The Morgan fingerprint density at radius 1 is 1.21 bits per heavy atom. The van der Waals surface area contributed by atoms with Gasteiger partial charge in [-0.05, 0) is 38.1 Å². The number of carbonyl (C=O) groups excluding carboxylic acids is 1. The van der Waals surface area contributed by atoms with Crippen LogP contribution in [0.15, 0.2) is 53.5 Å². The number of hydrogen-bond donors (Lipinski definition) is 0. The maximum Gasteiger partial charge on any atom is 0.193 e. The molecule has 0 aliphatic carbocycles. The van der Waals surface area contributed by atoms with Crippen LogP contribution in [0.5, 0.6) is 0 Å². The molecule has 1 aliphatic rings. The molecule has 0 fully saturated rings. The Bertz CT molecular complexity index is 756. The molecular formula is C19H20Cl2N2O. The van der Waals surface area contributed by atoms with Gasteiger partial charge in [-0.2, -0.15) is 0 Å². The summed E-state index contributed by atoms with van der Waals surface area (Å²) in [7, 11) is 0. The highest BCUT2D eigenvalue weighted by atomic mass is 35.5. The van der Waals surface area contributed by atoms with Crippen molar-refractivity contribution in [2.75, 3.05) is 13.1 Å². The number of hydrogen-bond acceptors (Lipinski definition) is 3. The molecule has 0 amide bonds. The number of rotatable bonds is 4. The molecule has 0 aromatic heterocycles. The normalized spacial score (nSPS) is 16.5. The van der Waals surface area contributed by atoms with Crippen LogP contribution in [0.4, 0.5) is 0 Å². The van der Waals surface area contributed by atoms with E-state index >= 15 is 0 Å². The van der Waals surface area contributed by atoms with Gasteiger partial charge in [-0.3, -0.25) is 9.79 Å². The van der Waals surface area contributed by atoms with Crippen LogP contribution in [0.2, 0.25) is 5.02 Å². The highest BCUT2D eigenvalue weighted by Gasteiger charge is 2.25. The zero-order valence-corrected chi connectivity index (χ0v) is 15.3. The molecule has 0 N–H and O–H groups in total. The second-order valence-electron chi connectivity index (χ2n) is 5.72. The lowest BCUT2D eigenvalue weighted by Gasteiger charge is -2.20. The van der Waals surface area contributed by atoms with Gasteiger partial charge in [0.15, 0.2) is 5.78 Å². The summed E-state index contributed by atoms with van der Waals surface area (Å²) in [6, 6.07) is 14.9. The van der Waals surface area contributed by atoms with E-state index in [0.29, 0.717) is 16.1 Å². The van der Waals surface area contributed by atoms with Crippen molar-refractivity contribution in [3.05, 3.63) is 70.2 Å². The van der Waals surface area contributed by atoms with Crippen molar-refractivity contribution in [2.45, 2.75) is 19.9 Å². The molecule has 0 saturated carbocycles. The first-order chi connectivity index (χ1) is 11.1. The number of ketones is 1. The number of likely N-dealkylation sites (N-methyl/N-ethyl adjacent to an activating group) is 1. The Kier molecular flexibility index (Phi) is 6.03. The summed E-state index contributed by atoms with van der Waals surface area (Å²) < 4.78 is 0. The van der Waals surface area contributed by atoms with Gasteiger partial charge in [0.05, 0.1) is 6.04 Å². The minimum atomic E-state index is -0.00410. The van der Waals surface area contributed by atoms with Gasteiger partial charge in [0.2, 0.25) is 0 Å². The maximum absolute atomic E-state index is 12.9. The summed E-state index contributed by atoms with van der Waals surface area (Å²) in [4.78, 5) is 19.8. The van der Waals surface area contributed by atoms with E-state index in [-0.39, 0.29) is 24.2 Å². The Labute approximate surface area is 153 Å². The van der Waals surface area contributed by atoms with Crippen molar-refractivity contribution >= 4 is 35.6 Å². The van der Waals surface area contributed by atoms with Crippen LogP contribution in [0.3, 0.4) is 0 Å². The molecule has 1 atom stereocenters. The van der Waals surface area contributed by atoms with Crippen LogP contribution in [-0.2, 0) is 0 Å². The molecule has 2 aromatic carbocycles. The average molecular weight is 363 g/mol. The molecular weight excluding hydrogens is 343 g/mol. The van der Waals surface area contributed by atoms with Crippen molar-refractivity contribution in [3.8, 4) is 0 Å². The van der Waals surface area contributed by atoms with Gasteiger partial charge in [0.1, 0.15) is 5.84 Å². The summed E-state index contributed by atoms with van der Waals surface area (Å²) in [6.07, 6.45) is 0. The molecule has 0 spiro atoms. The van der Waals surface area contributed by atoms with Gasteiger partial charge in [0.25, 0.3) is 0 Å². The predicted molar refractivity (Wildman–Crippen MR) is 102 cm³/mol. The van der Waals surface area contributed by atoms with E-state index in [0.717, 1.165) is 24.5 Å². The summed E-state index contributed by atoms with van der Waals surface area (Å²) in [6.45, 7) is 5.98. The first kappa shape index (κ1) is 18.5. The van der Waals surface area contributed by atoms with Crippen molar-refractivity contribution in [2.24, 2.45) is 4.99 Å². The van der Waals surface area contributed by atoms with Crippen molar-refractivity contribution < 1.29 is 4.79 Å². The summed E-state index contributed by atoms with van der Waals surface area (Å²) in [5, 5.41) is 0.626. The number of nitrogens with zero attached hydrogens (tertiary/aromatic N) is 2. The topological polar surface area (TPSA) is 32.7 Å². The molecule has 0 bridgehead atoms. The number of carbonyl (C=O) groups is 1. The van der Waals surface area contributed by atoms with Gasteiger partial charge < -0.3 is 4.90 Å². The molecule has 1 aliphatic heterocycles. The lowest BCUT2D eigenvalue weighted by Crippen LogP contribution is -2.30. The summed E-state index contributed by atoms with van der Waals surface area (Å²) in [5.74, 6) is 0.911. The van der Waals surface area contributed by atoms with Gasteiger partial charge in [-0.15, -0.1) is 12.4 Å². The molecule has 0 saturated heterocycles. The van der Waals surface area contributed by atoms with Gasteiger partial charge in [0, 0.05) is 34.8 Å². The van der Waals surface area contributed by atoms with E-state index in [1.54, 1.807) is 24.3 Å². The van der Waals surface area contributed by atoms with Crippen LogP contribution in [0.1, 0.15) is 35.3 Å². The monoisotopic (exact) mass is 362 g/mol. The van der Waals surface area contributed by atoms with E-state index in [1.165, 1.54) is 0 Å². The zero-order valence-electron chi connectivity index (χ0n) is 13.7. The van der Waals surface area contributed by atoms with E-state index in [1.807, 2.05) is 24.3 Å². The van der Waals surface area contributed by atoms with Crippen LogP contribution < -0.4 is 0 Å². The molecule has 1 heterocycles. The molecule has 2 aromatic rings. The quantitative estimate of drug-likeness (QED) is 0.751.